The highest BCUT2D eigenvalue weighted by Gasteiger charge is 2.27. The van der Waals surface area contributed by atoms with Crippen molar-refractivity contribution in [2.24, 2.45) is 5.92 Å². The van der Waals surface area contributed by atoms with Gasteiger partial charge in [-0.3, -0.25) is 9.69 Å². The van der Waals surface area contributed by atoms with Gasteiger partial charge in [-0.05, 0) is 24.6 Å². The summed E-state index contributed by atoms with van der Waals surface area (Å²) >= 11 is 0. The lowest BCUT2D eigenvalue weighted by molar-refractivity contribution is -0.131. The average Bonchev–Trinajstić information content (AvgIpc) is 2.50. The first-order valence-corrected chi connectivity index (χ1v) is 7.87. The maximum atomic E-state index is 11.9. The molecular formula is C17H24N2O2. The minimum Gasteiger partial charge on any atom is -0.380 e. The van der Waals surface area contributed by atoms with Crippen molar-refractivity contribution >= 4 is 11.5 Å². The van der Waals surface area contributed by atoms with Gasteiger partial charge in [-0.1, -0.05) is 12.1 Å². The third-order valence-electron chi connectivity index (χ3n) is 4.48. The number of anilines is 1. The topological polar surface area (TPSA) is 32.8 Å². The zero-order valence-corrected chi connectivity index (χ0v) is 12.8. The number of Topliss-reactive ketones (excluding diaryl/α,β-unsaturated/α-hetero) is 1. The number of nitrogens with zero attached hydrogens (tertiary/aromatic N) is 2. The zero-order chi connectivity index (χ0) is 14.7. The van der Waals surface area contributed by atoms with E-state index in [1.165, 1.54) is 11.3 Å². The summed E-state index contributed by atoms with van der Waals surface area (Å²) in [7, 11) is 0. The van der Waals surface area contributed by atoms with E-state index in [0.717, 1.165) is 32.7 Å². The van der Waals surface area contributed by atoms with Crippen molar-refractivity contribution in [2.75, 3.05) is 50.8 Å². The summed E-state index contributed by atoms with van der Waals surface area (Å²) in [6, 6.07) is 8.68. The summed E-state index contributed by atoms with van der Waals surface area (Å²) < 4.78 is 5.44. The van der Waals surface area contributed by atoms with Crippen LogP contribution in [0.1, 0.15) is 12.0 Å². The smallest absolute Gasteiger partial charge is 0.141 e. The Morgan fingerprint density at radius 3 is 2.76 bits per heavy atom. The van der Waals surface area contributed by atoms with Crippen LogP contribution in [0, 0.1) is 12.8 Å². The predicted molar refractivity (Wildman–Crippen MR) is 83.8 cm³/mol. The molecular weight excluding hydrogens is 264 g/mol. The second kappa shape index (κ2) is 6.58. The molecule has 0 spiro atoms. The molecule has 0 aromatic heterocycles. The third-order valence-corrected chi connectivity index (χ3v) is 4.48. The summed E-state index contributed by atoms with van der Waals surface area (Å²) in [5.74, 6) is 0.464. The summed E-state index contributed by atoms with van der Waals surface area (Å²) in [4.78, 5) is 16.7. The van der Waals surface area contributed by atoms with Crippen molar-refractivity contribution < 1.29 is 9.53 Å². The van der Waals surface area contributed by atoms with Crippen LogP contribution in [0.4, 0.5) is 5.69 Å². The van der Waals surface area contributed by atoms with Crippen LogP contribution in [0.5, 0.6) is 0 Å². The molecule has 2 saturated heterocycles. The Kier molecular flexibility index (Phi) is 4.56. The molecule has 4 heteroatoms. The van der Waals surface area contributed by atoms with Gasteiger partial charge in [0.05, 0.1) is 19.1 Å². The van der Waals surface area contributed by atoms with Gasteiger partial charge in [0.15, 0.2) is 0 Å². The highest BCUT2D eigenvalue weighted by molar-refractivity contribution is 5.82. The van der Waals surface area contributed by atoms with Gasteiger partial charge in [-0.15, -0.1) is 0 Å². The normalized spacial score (nSPS) is 24.3. The molecule has 2 aliphatic rings. The van der Waals surface area contributed by atoms with Crippen molar-refractivity contribution in [3.05, 3.63) is 29.8 Å². The molecule has 1 aromatic carbocycles. The number of hydrogen-bond acceptors (Lipinski definition) is 4. The molecule has 4 nitrogen and oxygen atoms in total. The van der Waals surface area contributed by atoms with Gasteiger partial charge in [0.1, 0.15) is 5.78 Å². The van der Waals surface area contributed by atoms with Gasteiger partial charge in [-0.25, -0.2) is 0 Å². The van der Waals surface area contributed by atoms with Gasteiger partial charge in [0.25, 0.3) is 0 Å². The number of aryl methyl sites for hydroxylation is 1. The fourth-order valence-electron chi connectivity index (χ4n) is 3.17. The summed E-state index contributed by atoms with van der Waals surface area (Å²) in [5.41, 5.74) is 2.62. The lowest BCUT2D eigenvalue weighted by Gasteiger charge is -2.38. The molecule has 1 aromatic rings. The van der Waals surface area contributed by atoms with E-state index < -0.39 is 0 Å². The molecule has 0 bridgehead atoms. The first-order valence-electron chi connectivity index (χ1n) is 7.87. The van der Waals surface area contributed by atoms with Gasteiger partial charge < -0.3 is 9.64 Å². The highest BCUT2D eigenvalue weighted by atomic mass is 16.5. The van der Waals surface area contributed by atoms with Crippen LogP contribution in [0.15, 0.2) is 24.3 Å². The van der Waals surface area contributed by atoms with Crippen LogP contribution >= 0.6 is 0 Å². The molecule has 0 aliphatic carbocycles. The Morgan fingerprint density at radius 1 is 1.24 bits per heavy atom. The molecule has 2 aliphatic heterocycles. The lowest BCUT2D eigenvalue weighted by Crippen LogP contribution is -2.49. The van der Waals surface area contributed by atoms with Crippen molar-refractivity contribution in [3.8, 4) is 0 Å². The minimum atomic E-state index is 0.0873. The Balaban J connectivity index is 1.52. The number of piperazine rings is 1. The van der Waals surface area contributed by atoms with E-state index in [4.69, 9.17) is 4.74 Å². The van der Waals surface area contributed by atoms with Crippen molar-refractivity contribution in [1.82, 2.24) is 4.90 Å². The molecule has 3 rings (SSSR count). The van der Waals surface area contributed by atoms with E-state index in [1.54, 1.807) is 0 Å². The molecule has 114 valence electrons. The van der Waals surface area contributed by atoms with Gasteiger partial charge >= 0.3 is 0 Å². The zero-order valence-electron chi connectivity index (χ0n) is 12.8. The predicted octanol–water partition coefficient (Wildman–Crippen LogP) is 1.72. The van der Waals surface area contributed by atoms with Crippen LogP contribution in [0.2, 0.25) is 0 Å². The Bertz CT molecular complexity index is 495. The fraction of sp³-hybridized carbons (Fsp3) is 0.588. The number of carbonyl (C=O) groups excluding carboxylic acids is 1. The Labute approximate surface area is 126 Å². The van der Waals surface area contributed by atoms with Crippen molar-refractivity contribution in [3.63, 3.8) is 0 Å². The molecule has 1 unspecified atom stereocenters. The van der Waals surface area contributed by atoms with Gasteiger partial charge in [-0.2, -0.15) is 0 Å². The fourth-order valence-corrected chi connectivity index (χ4v) is 3.17. The van der Waals surface area contributed by atoms with E-state index in [9.17, 15) is 4.79 Å². The number of ketones is 1. The maximum Gasteiger partial charge on any atom is 0.141 e. The second-order valence-corrected chi connectivity index (χ2v) is 6.11. The quantitative estimate of drug-likeness (QED) is 0.848. The second-order valence-electron chi connectivity index (χ2n) is 6.11. The molecule has 2 fully saturated rings. The number of benzene rings is 1. The number of rotatable bonds is 3. The molecule has 0 N–H and O–H groups in total. The number of ether oxygens (including phenoxy) is 1. The molecule has 1 atom stereocenters. The van der Waals surface area contributed by atoms with E-state index in [2.05, 4.69) is 41.0 Å². The van der Waals surface area contributed by atoms with E-state index in [0.29, 0.717) is 25.4 Å². The van der Waals surface area contributed by atoms with Crippen LogP contribution in [-0.4, -0.2) is 56.6 Å². The van der Waals surface area contributed by atoms with E-state index in [1.807, 2.05) is 0 Å². The molecule has 0 radical (unpaired) electrons. The maximum absolute atomic E-state index is 11.9. The van der Waals surface area contributed by atoms with Crippen molar-refractivity contribution in [1.29, 1.82) is 0 Å². The molecule has 2 heterocycles. The summed E-state index contributed by atoms with van der Waals surface area (Å²) in [5, 5.41) is 0. The molecule has 21 heavy (non-hydrogen) atoms. The van der Waals surface area contributed by atoms with Crippen LogP contribution in [0.25, 0.3) is 0 Å². The minimum absolute atomic E-state index is 0.0873. The first-order chi connectivity index (χ1) is 10.2. The molecule has 0 amide bonds. The first kappa shape index (κ1) is 14.5. The summed E-state index contributed by atoms with van der Waals surface area (Å²) in [6.07, 6.45) is 0.591. The van der Waals surface area contributed by atoms with Gasteiger partial charge in [0.2, 0.25) is 0 Å². The Hall–Kier alpha value is -1.39. The lowest BCUT2D eigenvalue weighted by atomic mass is 9.99. The van der Waals surface area contributed by atoms with E-state index in [-0.39, 0.29) is 5.92 Å². The Morgan fingerprint density at radius 2 is 2.05 bits per heavy atom. The van der Waals surface area contributed by atoms with Crippen LogP contribution in [-0.2, 0) is 9.53 Å². The highest BCUT2D eigenvalue weighted by Crippen LogP contribution is 2.19. The standard InChI is InChI=1S/C17H24N2O2/c1-14-3-2-4-16(11-14)19-8-6-18(7-9-19)12-15-13-21-10-5-17(15)20/h2-4,11,15H,5-10,12-13H2,1H3. The van der Waals surface area contributed by atoms with Crippen LogP contribution < -0.4 is 4.90 Å². The van der Waals surface area contributed by atoms with Crippen molar-refractivity contribution in [2.45, 2.75) is 13.3 Å². The summed E-state index contributed by atoms with van der Waals surface area (Å²) in [6.45, 7) is 8.33. The largest absolute Gasteiger partial charge is 0.380 e. The molecule has 0 saturated carbocycles. The SMILES string of the molecule is Cc1cccc(N2CCN(CC3COCCC3=O)CC2)c1. The number of hydrogen-bond donors (Lipinski definition) is 0. The van der Waals surface area contributed by atoms with Gasteiger partial charge in [0, 0.05) is 44.8 Å². The monoisotopic (exact) mass is 288 g/mol. The van der Waals surface area contributed by atoms with Crippen LogP contribution in [0.3, 0.4) is 0 Å². The average molecular weight is 288 g/mol. The third kappa shape index (κ3) is 3.63. The van der Waals surface area contributed by atoms with E-state index >= 15 is 0 Å². The number of carbonyl (C=O) groups is 1.